The van der Waals surface area contributed by atoms with Crippen LogP contribution in [0.2, 0.25) is 0 Å². The lowest BCUT2D eigenvalue weighted by atomic mass is 10.3. The van der Waals surface area contributed by atoms with E-state index in [0.29, 0.717) is 23.1 Å². The molecular weight excluding hydrogens is 288 g/mol. The summed E-state index contributed by atoms with van der Waals surface area (Å²) in [5.41, 5.74) is 0.658. The maximum Gasteiger partial charge on any atom is 0.244 e. The lowest BCUT2D eigenvalue weighted by Gasteiger charge is -2.25. The van der Waals surface area contributed by atoms with Crippen LogP contribution in [-0.2, 0) is 23.2 Å². The number of aliphatic hydroxyl groups excluding tert-OH is 1. The Hall–Kier alpha value is -0.850. The molecule has 0 radical (unpaired) electrons. The lowest BCUT2D eigenvalue weighted by Crippen LogP contribution is -2.38. The summed E-state index contributed by atoms with van der Waals surface area (Å²) in [5, 5.41) is 9.40. The van der Waals surface area contributed by atoms with E-state index in [9.17, 15) is 13.5 Å². The zero-order valence-electron chi connectivity index (χ0n) is 13.1. The first-order valence-electron chi connectivity index (χ1n) is 7.71. The van der Waals surface area contributed by atoms with Gasteiger partial charge in [0.2, 0.25) is 10.0 Å². The Morgan fingerprint density at radius 2 is 2.10 bits per heavy atom. The Labute approximate surface area is 127 Å². The van der Waals surface area contributed by atoms with Crippen LogP contribution < -0.4 is 0 Å². The minimum Gasteiger partial charge on any atom is -0.390 e. The van der Waals surface area contributed by atoms with Gasteiger partial charge in [0.25, 0.3) is 0 Å². The average Bonchev–Trinajstić information content (AvgIpc) is 3.15. The summed E-state index contributed by atoms with van der Waals surface area (Å²) in [6, 6.07) is 1.55. The average molecular weight is 314 g/mol. The summed E-state index contributed by atoms with van der Waals surface area (Å²) in [6.45, 7) is 7.04. The molecule has 0 atom stereocenters. The number of nitrogens with zero attached hydrogens (tertiary/aromatic N) is 2. The van der Waals surface area contributed by atoms with Gasteiger partial charge in [-0.3, -0.25) is 0 Å². The molecule has 0 spiro atoms. The smallest absolute Gasteiger partial charge is 0.244 e. The van der Waals surface area contributed by atoms with E-state index in [1.807, 2.05) is 25.3 Å². The van der Waals surface area contributed by atoms with E-state index in [0.717, 1.165) is 25.8 Å². The number of rotatable bonds is 8. The van der Waals surface area contributed by atoms with Crippen molar-refractivity contribution >= 4 is 10.0 Å². The van der Waals surface area contributed by atoms with Crippen molar-refractivity contribution in [2.45, 2.75) is 64.1 Å². The van der Waals surface area contributed by atoms with E-state index in [-0.39, 0.29) is 12.6 Å². The topological polar surface area (TPSA) is 62.5 Å². The number of hydrogen-bond acceptors (Lipinski definition) is 3. The van der Waals surface area contributed by atoms with Gasteiger partial charge < -0.3 is 9.67 Å². The molecule has 0 saturated heterocycles. The van der Waals surface area contributed by atoms with E-state index in [2.05, 4.69) is 0 Å². The Morgan fingerprint density at radius 1 is 1.43 bits per heavy atom. The van der Waals surface area contributed by atoms with Crippen LogP contribution in [0.15, 0.2) is 17.2 Å². The third-order valence-corrected chi connectivity index (χ3v) is 5.91. The monoisotopic (exact) mass is 314 g/mol. The first-order valence-corrected chi connectivity index (χ1v) is 9.15. The minimum atomic E-state index is -3.48. The van der Waals surface area contributed by atoms with E-state index in [1.54, 1.807) is 16.6 Å². The molecule has 0 aromatic carbocycles. The molecule has 120 valence electrons. The van der Waals surface area contributed by atoms with Crippen molar-refractivity contribution in [2.75, 3.05) is 6.54 Å². The predicted octanol–water partition coefficient (Wildman–Crippen LogP) is 2.20. The van der Waals surface area contributed by atoms with Gasteiger partial charge in [-0.05, 0) is 45.1 Å². The van der Waals surface area contributed by atoms with Crippen LogP contribution >= 0.6 is 0 Å². The first-order chi connectivity index (χ1) is 9.90. The van der Waals surface area contributed by atoms with Gasteiger partial charge in [-0.15, -0.1) is 0 Å². The third-order valence-electron chi connectivity index (χ3n) is 3.90. The summed E-state index contributed by atoms with van der Waals surface area (Å²) in [6.07, 6.45) is 4.80. The van der Waals surface area contributed by atoms with Crippen LogP contribution in [0.1, 0.15) is 45.7 Å². The van der Waals surface area contributed by atoms with Crippen molar-refractivity contribution in [2.24, 2.45) is 5.92 Å². The molecule has 1 saturated carbocycles. The quantitative estimate of drug-likeness (QED) is 0.800. The highest BCUT2D eigenvalue weighted by Gasteiger charge is 2.34. The van der Waals surface area contributed by atoms with E-state index >= 15 is 0 Å². The molecule has 1 N–H and O–H groups in total. The third kappa shape index (κ3) is 3.67. The summed E-state index contributed by atoms with van der Waals surface area (Å²) >= 11 is 0. The fourth-order valence-electron chi connectivity index (χ4n) is 2.52. The van der Waals surface area contributed by atoms with Crippen LogP contribution in [0.5, 0.6) is 0 Å². The molecule has 6 heteroatoms. The molecule has 1 fully saturated rings. The van der Waals surface area contributed by atoms with Gasteiger partial charge in [-0.25, -0.2) is 8.42 Å². The predicted molar refractivity (Wildman–Crippen MR) is 82.4 cm³/mol. The second-order valence-corrected chi connectivity index (χ2v) is 8.02. The van der Waals surface area contributed by atoms with Crippen LogP contribution in [0.3, 0.4) is 0 Å². The molecular formula is C15H26N2O3S. The van der Waals surface area contributed by atoms with Crippen molar-refractivity contribution in [1.29, 1.82) is 0 Å². The highest BCUT2D eigenvalue weighted by atomic mass is 32.2. The second-order valence-electron chi connectivity index (χ2n) is 6.13. The summed E-state index contributed by atoms with van der Waals surface area (Å²) in [5.74, 6) is 0.511. The van der Waals surface area contributed by atoms with Crippen LogP contribution in [0.4, 0.5) is 0 Å². The lowest BCUT2D eigenvalue weighted by molar-refractivity contribution is 0.270. The summed E-state index contributed by atoms with van der Waals surface area (Å²) in [4.78, 5) is 0.300. The van der Waals surface area contributed by atoms with Crippen LogP contribution in [-0.4, -0.2) is 35.0 Å². The Morgan fingerprint density at radius 3 is 2.57 bits per heavy atom. The van der Waals surface area contributed by atoms with Crippen molar-refractivity contribution < 1.29 is 13.5 Å². The number of aryl methyl sites for hydroxylation is 1. The summed E-state index contributed by atoms with van der Waals surface area (Å²) < 4.78 is 29.1. The Balaban J connectivity index is 2.32. The molecule has 0 aliphatic heterocycles. The molecule has 0 amide bonds. The number of aliphatic hydroxyl groups is 1. The van der Waals surface area contributed by atoms with Gasteiger partial charge in [-0.1, -0.05) is 6.92 Å². The van der Waals surface area contributed by atoms with Crippen molar-refractivity contribution in [3.8, 4) is 0 Å². The second kappa shape index (κ2) is 6.50. The van der Waals surface area contributed by atoms with Gasteiger partial charge in [0, 0.05) is 31.0 Å². The van der Waals surface area contributed by atoms with E-state index in [1.165, 1.54) is 0 Å². The minimum absolute atomic E-state index is 0.0531. The SMILES string of the molecule is CCCn1cc(S(=O)(=O)N(CC2CC2)C(C)C)cc1CO. The molecule has 1 heterocycles. The standard InChI is InChI=1S/C15H26N2O3S/c1-4-7-16-10-15(8-14(16)11-18)21(19,20)17(12(2)3)9-13-5-6-13/h8,10,12-13,18H,4-7,9,11H2,1-3H3. The van der Waals surface area contributed by atoms with Crippen molar-refractivity contribution in [3.63, 3.8) is 0 Å². The largest absolute Gasteiger partial charge is 0.390 e. The molecule has 0 unspecified atom stereocenters. The normalized spacial score (nSPS) is 16.1. The van der Waals surface area contributed by atoms with Gasteiger partial charge in [0.1, 0.15) is 4.90 Å². The van der Waals surface area contributed by atoms with E-state index < -0.39 is 10.0 Å². The number of aromatic nitrogens is 1. The molecule has 2 rings (SSSR count). The van der Waals surface area contributed by atoms with Gasteiger partial charge in [0.15, 0.2) is 0 Å². The van der Waals surface area contributed by atoms with Crippen molar-refractivity contribution in [3.05, 3.63) is 18.0 Å². The molecule has 21 heavy (non-hydrogen) atoms. The highest BCUT2D eigenvalue weighted by Crippen LogP contribution is 2.32. The van der Waals surface area contributed by atoms with Crippen LogP contribution in [0, 0.1) is 5.92 Å². The van der Waals surface area contributed by atoms with Crippen LogP contribution in [0.25, 0.3) is 0 Å². The Kier molecular flexibility index (Phi) is 5.11. The molecule has 1 aliphatic rings. The van der Waals surface area contributed by atoms with Crippen molar-refractivity contribution in [1.82, 2.24) is 8.87 Å². The van der Waals surface area contributed by atoms with E-state index in [4.69, 9.17) is 0 Å². The molecule has 1 aromatic heterocycles. The fraction of sp³-hybridized carbons (Fsp3) is 0.733. The first kappa shape index (κ1) is 16.5. The molecule has 1 aliphatic carbocycles. The maximum absolute atomic E-state index is 12.9. The molecule has 1 aromatic rings. The zero-order chi connectivity index (χ0) is 15.6. The maximum atomic E-state index is 12.9. The number of sulfonamides is 1. The van der Waals surface area contributed by atoms with Gasteiger partial charge in [0.05, 0.1) is 6.61 Å². The van der Waals surface area contributed by atoms with Gasteiger partial charge in [-0.2, -0.15) is 4.31 Å². The van der Waals surface area contributed by atoms with Gasteiger partial charge >= 0.3 is 0 Å². The molecule has 5 nitrogen and oxygen atoms in total. The zero-order valence-corrected chi connectivity index (χ0v) is 13.9. The summed E-state index contributed by atoms with van der Waals surface area (Å²) in [7, 11) is -3.48. The molecule has 0 bridgehead atoms. The highest BCUT2D eigenvalue weighted by molar-refractivity contribution is 7.89. The fourth-order valence-corrected chi connectivity index (χ4v) is 4.30. The Bertz CT molecular complexity index is 574. The number of hydrogen-bond donors (Lipinski definition) is 1.